The van der Waals surface area contributed by atoms with E-state index >= 15 is 0 Å². The Morgan fingerprint density at radius 3 is 2.45 bits per heavy atom. The summed E-state index contributed by atoms with van der Waals surface area (Å²) >= 11 is 0. The Balaban J connectivity index is 2.02. The lowest BCUT2D eigenvalue weighted by atomic mass is 10.1. The Morgan fingerprint density at radius 2 is 1.75 bits per heavy atom. The van der Waals surface area contributed by atoms with E-state index in [0.717, 1.165) is 11.1 Å². The lowest BCUT2D eigenvalue weighted by molar-refractivity contribution is 0.101. The molecule has 0 radical (unpaired) electrons. The number of rotatable bonds is 1. The van der Waals surface area contributed by atoms with Gasteiger partial charge in [0.05, 0.1) is 0 Å². The van der Waals surface area contributed by atoms with Gasteiger partial charge >= 0.3 is 0 Å². The van der Waals surface area contributed by atoms with Crippen LogP contribution in [0.25, 0.3) is 6.08 Å². The number of hydrogen-bond donors (Lipinski definition) is 2. The van der Waals surface area contributed by atoms with Crippen molar-refractivity contribution in [2.24, 2.45) is 0 Å². The van der Waals surface area contributed by atoms with E-state index in [1.54, 1.807) is 6.08 Å². The number of carbonyl (C=O) groups is 1. The SMILES string of the molecule is Cc1ccc(/C=C2\Oc3ccc(O)c(O)c3C2=O)cc1. The van der Waals surface area contributed by atoms with Crippen molar-refractivity contribution in [3.8, 4) is 17.2 Å². The molecule has 4 heteroatoms. The van der Waals surface area contributed by atoms with Crippen LogP contribution in [0.15, 0.2) is 42.2 Å². The van der Waals surface area contributed by atoms with Crippen LogP contribution in [-0.2, 0) is 0 Å². The zero-order valence-corrected chi connectivity index (χ0v) is 10.8. The summed E-state index contributed by atoms with van der Waals surface area (Å²) in [4.78, 5) is 12.2. The van der Waals surface area contributed by atoms with Gasteiger partial charge in [0, 0.05) is 0 Å². The van der Waals surface area contributed by atoms with Crippen molar-refractivity contribution in [2.75, 3.05) is 0 Å². The molecule has 100 valence electrons. The smallest absolute Gasteiger partial charge is 0.235 e. The predicted octanol–water partition coefficient (Wildman–Crippen LogP) is 3.02. The van der Waals surface area contributed by atoms with E-state index in [4.69, 9.17) is 4.74 Å². The molecule has 2 aromatic rings. The van der Waals surface area contributed by atoms with E-state index in [9.17, 15) is 15.0 Å². The highest BCUT2D eigenvalue weighted by atomic mass is 16.5. The highest BCUT2D eigenvalue weighted by Gasteiger charge is 2.31. The molecule has 0 saturated carbocycles. The summed E-state index contributed by atoms with van der Waals surface area (Å²) in [7, 11) is 0. The Kier molecular flexibility index (Phi) is 2.71. The van der Waals surface area contributed by atoms with E-state index in [1.165, 1.54) is 12.1 Å². The molecule has 0 aromatic heterocycles. The maximum atomic E-state index is 12.2. The van der Waals surface area contributed by atoms with Crippen LogP contribution in [0.3, 0.4) is 0 Å². The summed E-state index contributed by atoms with van der Waals surface area (Å²) in [6.45, 7) is 1.98. The van der Waals surface area contributed by atoms with Gasteiger partial charge < -0.3 is 14.9 Å². The van der Waals surface area contributed by atoms with Gasteiger partial charge in [0.15, 0.2) is 17.3 Å². The molecule has 2 N–H and O–H groups in total. The summed E-state index contributed by atoms with van der Waals surface area (Å²) in [5.41, 5.74) is 1.95. The number of aromatic hydroxyl groups is 2. The first-order chi connectivity index (χ1) is 9.56. The van der Waals surface area contributed by atoms with Crippen LogP contribution in [0.5, 0.6) is 17.2 Å². The van der Waals surface area contributed by atoms with Crippen LogP contribution in [0, 0.1) is 6.92 Å². The van der Waals surface area contributed by atoms with E-state index in [-0.39, 0.29) is 22.8 Å². The molecular weight excluding hydrogens is 256 g/mol. The molecule has 2 aromatic carbocycles. The third-order valence-corrected chi connectivity index (χ3v) is 3.16. The topological polar surface area (TPSA) is 66.8 Å². The second-order valence-electron chi connectivity index (χ2n) is 4.66. The van der Waals surface area contributed by atoms with Crippen LogP contribution < -0.4 is 4.74 Å². The summed E-state index contributed by atoms with van der Waals surface area (Å²) in [5.74, 6) is -0.834. The van der Waals surface area contributed by atoms with Crippen LogP contribution in [-0.4, -0.2) is 16.0 Å². The van der Waals surface area contributed by atoms with Gasteiger partial charge in [-0.2, -0.15) is 0 Å². The van der Waals surface area contributed by atoms with Crippen LogP contribution in [0.1, 0.15) is 21.5 Å². The van der Waals surface area contributed by atoms with E-state index in [1.807, 2.05) is 31.2 Å². The summed E-state index contributed by atoms with van der Waals surface area (Å²) < 4.78 is 5.43. The van der Waals surface area contributed by atoms with Crippen molar-refractivity contribution >= 4 is 11.9 Å². The molecular formula is C16H12O4. The molecule has 4 nitrogen and oxygen atoms in total. The van der Waals surface area contributed by atoms with E-state index in [0.29, 0.717) is 0 Å². The van der Waals surface area contributed by atoms with Crippen LogP contribution in [0.2, 0.25) is 0 Å². The maximum absolute atomic E-state index is 12.2. The molecule has 20 heavy (non-hydrogen) atoms. The predicted molar refractivity (Wildman–Crippen MR) is 73.9 cm³/mol. The molecule has 3 rings (SSSR count). The number of allylic oxidation sites excluding steroid dienone is 1. The second kappa shape index (κ2) is 4.42. The van der Waals surface area contributed by atoms with E-state index in [2.05, 4.69) is 0 Å². The van der Waals surface area contributed by atoms with E-state index < -0.39 is 11.5 Å². The third-order valence-electron chi connectivity index (χ3n) is 3.16. The molecule has 0 atom stereocenters. The Bertz CT molecular complexity index is 727. The molecule has 1 aliphatic rings. The number of ketones is 1. The monoisotopic (exact) mass is 268 g/mol. The molecule has 0 aliphatic carbocycles. The Labute approximate surface area is 115 Å². The molecule has 0 unspecified atom stereocenters. The largest absolute Gasteiger partial charge is 0.504 e. The number of fused-ring (bicyclic) bond motifs is 1. The van der Waals surface area contributed by atoms with Gasteiger partial charge in [0.2, 0.25) is 5.78 Å². The normalized spacial score (nSPS) is 15.2. The first-order valence-electron chi connectivity index (χ1n) is 6.12. The Morgan fingerprint density at radius 1 is 1.05 bits per heavy atom. The first kappa shape index (κ1) is 12.3. The van der Waals surface area contributed by atoms with Gasteiger partial charge in [-0.15, -0.1) is 0 Å². The minimum Gasteiger partial charge on any atom is -0.504 e. The van der Waals surface area contributed by atoms with Crippen molar-refractivity contribution in [3.63, 3.8) is 0 Å². The fraction of sp³-hybridized carbons (Fsp3) is 0.0625. The van der Waals surface area contributed by atoms with Crippen molar-refractivity contribution < 1.29 is 19.7 Å². The lowest BCUT2D eigenvalue weighted by Gasteiger charge is -2.00. The van der Waals surface area contributed by atoms with Gasteiger partial charge in [-0.25, -0.2) is 0 Å². The minimum absolute atomic E-state index is 0.00311. The minimum atomic E-state index is -0.445. The zero-order valence-electron chi connectivity index (χ0n) is 10.8. The average molecular weight is 268 g/mol. The number of aryl methyl sites for hydroxylation is 1. The molecule has 1 heterocycles. The lowest BCUT2D eigenvalue weighted by Crippen LogP contribution is -1.98. The second-order valence-corrected chi connectivity index (χ2v) is 4.66. The number of benzene rings is 2. The van der Waals surface area contributed by atoms with Gasteiger partial charge in [0.25, 0.3) is 0 Å². The highest BCUT2D eigenvalue weighted by Crippen LogP contribution is 2.42. The van der Waals surface area contributed by atoms with Crippen molar-refractivity contribution in [1.29, 1.82) is 0 Å². The molecule has 0 spiro atoms. The summed E-state index contributed by atoms with van der Waals surface area (Å²) in [6, 6.07) is 10.4. The van der Waals surface area contributed by atoms with Crippen molar-refractivity contribution in [2.45, 2.75) is 6.92 Å². The van der Waals surface area contributed by atoms with Gasteiger partial charge in [-0.1, -0.05) is 29.8 Å². The van der Waals surface area contributed by atoms with Crippen LogP contribution >= 0.6 is 0 Å². The van der Waals surface area contributed by atoms with Gasteiger partial charge in [-0.3, -0.25) is 4.79 Å². The molecule has 0 bridgehead atoms. The van der Waals surface area contributed by atoms with Gasteiger partial charge in [-0.05, 0) is 30.7 Å². The number of phenols is 2. The van der Waals surface area contributed by atoms with Crippen molar-refractivity contribution in [3.05, 3.63) is 58.8 Å². The summed E-state index contributed by atoms with van der Waals surface area (Å²) in [5, 5.41) is 19.2. The number of phenolic OH excluding ortho intramolecular Hbond substituents is 2. The fourth-order valence-corrected chi connectivity index (χ4v) is 2.06. The fourth-order valence-electron chi connectivity index (χ4n) is 2.06. The van der Waals surface area contributed by atoms with Gasteiger partial charge in [0.1, 0.15) is 11.3 Å². The average Bonchev–Trinajstić information content (AvgIpc) is 2.74. The van der Waals surface area contributed by atoms with Crippen LogP contribution in [0.4, 0.5) is 0 Å². The Hall–Kier alpha value is -2.75. The highest BCUT2D eigenvalue weighted by molar-refractivity contribution is 6.16. The molecule has 0 fully saturated rings. The molecule has 1 aliphatic heterocycles. The third kappa shape index (κ3) is 1.91. The number of hydrogen-bond acceptors (Lipinski definition) is 4. The molecule has 0 amide bonds. The standard InChI is InChI=1S/C16H12O4/c1-9-2-4-10(5-3-9)8-13-16(19)14-12(20-13)7-6-11(17)15(14)18/h2-8,17-18H,1H3/b13-8-. The number of Topliss-reactive ketones (excluding diaryl/α,β-unsaturated/α-hetero) is 1. The quantitative estimate of drug-likeness (QED) is 0.616. The first-order valence-corrected chi connectivity index (χ1v) is 6.12. The summed E-state index contributed by atoms with van der Waals surface area (Å²) in [6.07, 6.45) is 1.61. The number of ether oxygens (including phenoxy) is 1. The van der Waals surface area contributed by atoms with Crippen molar-refractivity contribution in [1.82, 2.24) is 0 Å². The zero-order chi connectivity index (χ0) is 14.3. The number of carbonyl (C=O) groups excluding carboxylic acids is 1. The maximum Gasteiger partial charge on any atom is 0.235 e. The molecule has 0 saturated heterocycles.